The molecule has 0 N–H and O–H groups in total. The van der Waals surface area contributed by atoms with Crippen LogP contribution in [0.5, 0.6) is 0 Å². The van der Waals surface area contributed by atoms with Gasteiger partial charge in [0.05, 0.1) is 11.1 Å². The van der Waals surface area contributed by atoms with Crippen LogP contribution in [0.1, 0.15) is 19.4 Å². The number of anilines is 1. The maximum atomic E-state index is 13.1. The van der Waals surface area contributed by atoms with E-state index >= 15 is 0 Å². The second-order valence-corrected chi connectivity index (χ2v) is 12.1. The zero-order valence-corrected chi connectivity index (χ0v) is 23.9. The van der Waals surface area contributed by atoms with E-state index < -0.39 is 0 Å². The summed E-state index contributed by atoms with van der Waals surface area (Å²) in [5.41, 5.74) is 3.77. The number of benzene rings is 3. The Bertz CT molecular complexity index is 2180. The van der Waals surface area contributed by atoms with Crippen LogP contribution in [-0.2, 0) is 0 Å². The summed E-state index contributed by atoms with van der Waals surface area (Å²) >= 11 is 3.05. The molecule has 0 saturated carbocycles. The summed E-state index contributed by atoms with van der Waals surface area (Å²) in [5.74, 6) is 0. The summed E-state index contributed by atoms with van der Waals surface area (Å²) in [6.45, 7) is 8.04. The van der Waals surface area contributed by atoms with E-state index in [-0.39, 0.29) is 11.3 Å². The molecule has 0 atom stereocenters. The van der Waals surface area contributed by atoms with Crippen molar-refractivity contribution in [3.63, 3.8) is 0 Å². The van der Waals surface area contributed by atoms with Gasteiger partial charge in [0.2, 0.25) is 0 Å². The minimum Gasteiger partial charge on any atom is -0.422 e. The van der Waals surface area contributed by atoms with Crippen LogP contribution in [0, 0.1) is 6.92 Å². The summed E-state index contributed by atoms with van der Waals surface area (Å²) in [5, 5.41) is 3.80. The van der Waals surface area contributed by atoms with Gasteiger partial charge in [0.1, 0.15) is 11.2 Å². The molecule has 7 rings (SSSR count). The molecule has 0 aliphatic heterocycles. The third-order valence-corrected chi connectivity index (χ3v) is 9.92. The predicted octanol–water partition coefficient (Wildman–Crippen LogP) is 8.82. The van der Waals surface area contributed by atoms with E-state index in [2.05, 4.69) is 43.9 Å². The van der Waals surface area contributed by atoms with Gasteiger partial charge < -0.3 is 13.7 Å². The Morgan fingerprint density at radius 3 is 2.05 bits per heavy atom. The monoisotopic (exact) mass is 563 g/mol. The van der Waals surface area contributed by atoms with Crippen LogP contribution in [-0.4, -0.2) is 13.1 Å². The van der Waals surface area contributed by atoms with E-state index in [0.717, 1.165) is 65.0 Å². The predicted molar refractivity (Wildman–Crippen MR) is 168 cm³/mol. The van der Waals surface area contributed by atoms with Gasteiger partial charge in [0.25, 0.3) is 0 Å². The fourth-order valence-electron chi connectivity index (χ4n) is 5.42. The lowest BCUT2D eigenvalue weighted by atomic mass is 10.0. The van der Waals surface area contributed by atoms with Gasteiger partial charge in [-0.1, -0.05) is 30.3 Å². The smallest absolute Gasteiger partial charge is 0.345 e. The second kappa shape index (κ2) is 9.47. The number of fused-ring (bicyclic) bond motifs is 5. The van der Waals surface area contributed by atoms with Gasteiger partial charge in [0, 0.05) is 60.2 Å². The standard InChI is InChI=1S/C33H25NO4S2/c1-4-34(5-2)21-11-9-19-13-24(32(35)37-26(19)15-21)27-16-29-30(39-27)17-28(40-29)25-14-20-10-12-22-18(3)7-6-8-23(22)31(20)38-33(25)36/h6-17H,4-5H2,1-3H3. The molecule has 0 spiro atoms. The number of aryl methyl sites for hydroxylation is 1. The molecule has 0 fully saturated rings. The summed E-state index contributed by atoms with van der Waals surface area (Å²) in [6.07, 6.45) is 0. The summed E-state index contributed by atoms with van der Waals surface area (Å²) in [6, 6.07) is 24.0. The molecule has 0 unspecified atom stereocenters. The number of hydrogen-bond donors (Lipinski definition) is 0. The minimum absolute atomic E-state index is 0.351. The maximum absolute atomic E-state index is 13.1. The summed E-state index contributed by atoms with van der Waals surface area (Å²) in [4.78, 5) is 30.0. The SMILES string of the molecule is CCN(CC)c1ccc2cc(-c3cc4sc(-c5cc6ccc7c(C)cccc7c6oc5=O)cc4s3)c(=O)oc2c1. The highest BCUT2D eigenvalue weighted by Gasteiger charge is 2.17. The van der Waals surface area contributed by atoms with Crippen LogP contribution in [0.3, 0.4) is 0 Å². The molecule has 198 valence electrons. The topological polar surface area (TPSA) is 63.7 Å². The van der Waals surface area contributed by atoms with Gasteiger partial charge in [0.15, 0.2) is 0 Å². The number of thiophene rings is 2. The van der Waals surface area contributed by atoms with Gasteiger partial charge in [-0.3, -0.25) is 0 Å². The van der Waals surface area contributed by atoms with Crippen molar-refractivity contribution in [1.29, 1.82) is 0 Å². The molecule has 40 heavy (non-hydrogen) atoms. The third kappa shape index (κ3) is 3.96. The van der Waals surface area contributed by atoms with Crippen LogP contribution >= 0.6 is 22.7 Å². The lowest BCUT2D eigenvalue weighted by Gasteiger charge is -2.20. The molecule has 0 saturated heterocycles. The summed E-state index contributed by atoms with van der Waals surface area (Å²) < 4.78 is 13.7. The second-order valence-electron chi connectivity index (χ2n) is 9.89. The lowest BCUT2D eigenvalue weighted by molar-refractivity contribution is 0.563. The van der Waals surface area contributed by atoms with E-state index in [9.17, 15) is 9.59 Å². The lowest BCUT2D eigenvalue weighted by Crippen LogP contribution is -2.21. The van der Waals surface area contributed by atoms with Crippen LogP contribution < -0.4 is 16.2 Å². The maximum Gasteiger partial charge on any atom is 0.345 e. The van der Waals surface area contributed by atoms with Gasteiger partial charge in [-0.15, -0.1) is 22.7 Å². The van der Waals surface area contributed by atoms with E-state index in [1.54, 1.807) is 0 Å². The van der Waals surface area contributed by atoms with E-state index in [4.69, 9.17) is 8.83 Å². The van der Waals surface area contributed by atoms with Crippen LogP contribution in [0.15, 0.2) is 91.2 Å². The normalized spacial score (nSPS) is 11.8. The molecule has 0 amide bonds. The Kier molecular flexibility index (Phi) is 5.87. The Morgan fingerprint density at radius 2 is 1.35 bits per heavy atom. The average molecular weight is 564 g/mol. The third-order valence-electron chi connectivity index (χ3n) is 7.56. The molecular weight excluding hydrogens is 539 g/mol. The van der Waals surface area contributed by atoms with E-state index in [1.807, 2.05) is 54.6 Å². The Balaban J connectivity index is 1.27. The number of rotatable bonds is 5. The molecule has 0 aliphatic carbocycles. The first-order chi connectivity index (χ1) is 19.4. The van der Waals surface area contributed by atoms with Crippen LogP contribution in [0.4, 0.5) is 5.69 Å². The molecule has 0 bridgehead atoms. The average Bonchev–Trinajstić information content (AvgIpc) is 3.53. The molecule has 7 heteroatoms. The quantitative estimate of drug-likeness (QED) is 0.155. The first-order valence-electron chi connectivity index (χ1n) is 13.3. The van der Waals surface area contributed by atoms with E-state index in [0.29, 0.717) is 22.3 Å². The van der Waals surface area contributed by atoms with E-state index in [1.165, 1.54) is 22.7 Å². The Hall–Kier alpha value is -4.20. The first kappa shape index (κ1) is 24.8. The molecule has 0 radical (unpaired) electrons. The highest BCUT2D eigenvalue weighted by Crippen LogP contribution is 2.41. The Morgan fingerprint density at radius 1 is 0.700 bits per heavy atom. The highest BCUT2D eigenvalue weighted by molar-refractivity contribution is 7.31. The Labute approximate surface area is 237 Å². The molecule has 5 nitrogen and oxygen atoms in total. The molecular formula is C33H25NO4S2. The zero-order chi connectivity index (χ0) is 27.5. The van der Waals surface area contributed by atoms with Crippen molar-refractivity contribution in [2.24, 2.45) is 0 Å². The van der Waals surface area contributed by atoms with Crippen molar-refractivity contribution in [2.45, 2.75) is 20.8 Å². The van der Waals surface area contributed by atoms with Crippen molar-refractivity contribution in [2.75, 3.05) is 18.0 Å². The van der Waals surface area contributed by atoms with Crippen molar-refractivity contribution >= 4 is 70.5 Å². The molecule has 0 aliphatic rings. The molecule has 7 aromatic rings. The van der Waals surface area contributed by atoms with Crippen LogP contribution in [0.2, 0.25) is 0 Å². The first-order valence-corrected chi connectivity index (χ1v) is 14.9. The van der Waals surface area contributed by atoms with Crippen LogP contribution in [0.25, 0.3) is 63.0 Å². The van der Waals surface area contributed by atoms with Crippen molar-refractivity contribution in [3.05, 3.63) is 99.2 Å². The molecule has 4 heterocycles. The van der Waals surface area contributed by atoms with Gasteiger partial charge in [-0.05, 0) is 68.1 Å². The summed E-state index contributed by atoms with van der Waals surface area (Å²) in [7, 11) is 0. The molecule has 3 aromatic carbocycles. The van der Waals surface area contributed by atoms with Gasteiger partial charge >= 0.3 is 11.3 Å². The largest absolute Gasteiger partial charge is 0.422 e. The molecule has 4 aromatic heterocycles. The number of hydrogen-bond acceptors (Lipinski definition) is 7. The minimum atomic E-state index is -0.352. The van der Waals surface area contributed by atoms with Crippen molar-refractivity contribution in [3.8, 4) is 20.9 Å². The van der Waals surface area contributed by atoms with Gasteiger partial charge in [-0.2, -0.15) is 0 Å². The highest BCUT2D eigenvalue weighted by atomic mass is 32.1. The fraction of sp³-hybridized carbons (Fsp3) is 0.152. The van der Waals surface area contributed by atoms with Gasteiger partial charge in [-0.25, -0.2) is 9.59 Å². The fourth-order valence-corrected chi connectivity index (χ4v) is 7.83. The number of nitrogens with zero attached hydrogens (tertiary/aromatic N) is 1. The van der Waals surface area contributed by atoms with Crippen molar-refractivity contribution in [1.82, 2.24) is 0 Å². The zero-order valence-electron chi connectivity index (χ0n) is 22.2. The van der Waals surface area contributed by atoms with Crippen molar-refractivity contribution < 1.29 is 8.83 Å².